The Kier molecular flexibility index (Phi) is 18.3. The Morgan fingerprint density at radius 3 is 1.44 bits per heavy atom. The zero-order valence-corrected chi connectivity index (χ0v) is 46.5. The minimum atomic E-state index is -3.96. The van der Waals surface area contributed by atoms with E-state index in [1.54, 1.807) is 92.4 Å². The van der Waals surface area contributed by atoms with Crippen molar-refractivity contribution in [2.24, 2.45) is 0 Å². The average Bonchev–Trinajstić information content (AvgIpc) is 4.08. The molecule has 2 N–H and O–H groups in total. The number of amides is 2. The Hall–Kier alpha value is -6.80. The number of fused-ring (bicyclic) bond motifs is 9. The van der Waals surface area contributed by atoms with Crippen LogP contribution in [0.3, 0.4) is 0 Å². The molecule has 3 aliphatic heterocycles. The number of halogens is 4. The van der Waals surface area contributed by atoms with Gasteiger partial charge in [0, 0.05) is 47.0 Å². The Bertz CT molecular complexity index is 3790. The van der Waals surface area contributed by atoms with Crippen LogP contribution in [0.5, 0.6) is 0 Å². The summed E-state index contributed by atoms with van der Waals surface area (Å²) in [4.78, 5) is 31.6. The van der Waals surface area contributed by atoms with Gasteiger partial charge in [-0.05, 0) is 177 Å². The third-order valence-electron chi connectivity index (χ3n) is 13.4. The monoisotopic (exact) mass is 1150 g/mol. The summed E-state index contributed by atoms with van der Waals surface area (Å²) in [6, 6.07) is 26.5. The second-order valence-corrected chi connectivity index (χ2v) is 24.9. The second-order valence-electron chi connectivity index (χ2n) is 21.3. The normalized spacial score (nSPS) is 14.2. The largest absolute Gasteiger partial charge is 0.444 e. The zero-order chi connectivity index (χ0) is 54.6. The van der Waals surface area contributed by atoms with Crippen molar-refractivity contribution in [1.29, 1.82) is 0 Å². The number of rotatable bonds is 4. The van der Waals surface area contributed by atoms with Crippen LogP contribution in [-0.2, 0) is 68.4 Å². The van der Waals surface area contributed by atoms with Crippen LogP contribution in [-0.4, -0.2) is 82.6 Å². The van der Waals surface area contributed by atoms with Crippen molar-refractivity contribution in [1.82, 2.24) is 28.0 Å². The number of hydrogen-bond donors (Lipinski definition) is 2. The Morgan fingerprint density at radius 2 is 0.962 bits per heavy atom. The van der Waals surface area contributed by atoms with Gasteiger partial charge in [0.1, 0.15) is 28.7 Å². The van der Waals surface area contributed by atoms with Crippen LogP contribution in [0.1, 0.15) is 101 Å². The molecule has 3 aliphatic rings. The first kappa shape index (κ1) is 61.4. The van der Waals surface area contributed by atoms with Gasteiger partial charge in [0.25, 0.3) is 20.0 Å². The summed E-state index contributed by atoms with van der Waals surface area (Å²) in [6.45, 7) is 17.4. The molecule has 424 valence electrons. The van der Waals surface area contributed by atoms with Gasteiger partial charge >= 0.3 is 12.2 Å². The SMILES string of the molecule is C.C.CC(C)(C)OC(=O)N1CCc2c([nH]c3ccc(F)cc23)C1.Cc1ccc(S(=O)(=O)n2c3c(c4cc(F)ccc42)CCN(C(=O)OC(C)(C)C)C3)cc1.Cc1ccc(S(=O)(=O)n2c3c(c4cc(F)ccc42)CCNC3)cc1.Cl. The van der Waals surface area contributed by atoms with Crippen LogP contribution in [0, 0.1) is 31.3 Å². The van der Waals surface area contributed by atoms with E-state index in [0.717, 1.165) is 51.0 Å². The number of carbonyl (C=O) groups excluding carboxylic acids is 2. The van der Waals surface area contributed by atoms with Gasteiger partial charge < -0.3 is 29.6 Å². The van der Waals surface area contributed by atoms with E-state index in [9.17, 15) is 39.6 Å². The maximum atomic E-state index is 14.0. The van der Waals surface area contributed by atoms with Gasteiger partial charge in [0.05, 0.1) is 45.3 Å². The minimum absolute atomic E-state index is 0. The molecule has 0 unspecified atom stereocenters. The van der Waals surface area contributed by atoms with E-state index in [2.05, 4.69) is 10.3 Å². The molecule has 0 saturated heterocycles. The molecule has 0 spiro atoms. The van der Waals surface area contributed by atoms with E-state index < -0.39 is 43.2 Å². The molecule has 5 aromatic carbocycles. The summed E-state index contributed by atoms with van der Waals surface area (Å²) in [6.07, 6.45) is 0.987. The highest BCUT2D eigenvalue weighted by atomic mass is 35.5. The standard InChI is InChI=1S/C23H25FN2O4S.C18H17FN2O2S.C16H19FN2O2.2CH4.ClH/c1-15-5-8-17(9-6-15)31(28,29)26-20-10-7-16(24)13-19(20)18-11-12-25(14-21(18)26)22(27)30-23(2,3)4;1-12-2-5-14(6-3-12)24(22,23)21-17-7-4-13(19)10-16(17)15-8-9-20-11-18(15)21;1-16(2,3)21-15(20)19-7-6-11-12-8-10(17)4-5-13(12)18-14(11)9-19;;;/h5-10,13H,11-12,14H2,1-4H3;2-7,10,20H,8-9,11H2,1H3;4-5,8,18H,6-7,9H2,1-3H3;2*1H4;1H. The van der Waals surface area contributed by atoms with Crippen LogP contribution in [0.2, 0.25) is 0 Å². The topological polar surface area (TPSA) is 165 Å². The first-order valence-electron chi connectivity index (χ1n) is 25.0. The molecular weight excluding hydrogens is 1080 g/mol. The van der Waals surface area contributed by atoms with Crippen molar-refractivity contribution in [2.75, 3.05) is 19.6 Å². The lowest BCUT2D eigenvalue weighted by atomic mass is 10.0. The van der Waals surface area contributed by atoms with Crippen molar-refractivity contribution < 1.29 is 49.1 Å². The molecule has 0 aliphatic carbocycles. The number of nitrogens with zero attached hydrogens (tertiary/aromatic N) is 4. The Morgan fingerprint density at radius 1 is 0.544 bits per heavy atom. The molecule has 0 saturated carbocycles. The fraction of sp³-hybridized carbons (Fsp3) is 0.356. The van der Waals surface area contributed by atoms with Crippen LogP contribution < -0.4 is 5.32 Å². The molecule has 0 atom stereocenters. The van der Waals surface area contributed by atoms with E-state index in [0.29, 0.717) is 78.6 Å². The van der Waals surface area contributed by atoms with Gasteiger partial charge in [0.15, 0.2) is 0 Å². The minimum Gasteiger partial charge on any atom is -0.444 e. The highest BCUT2D eigenvalue weighted by Gasteiger charge is 2.35. The van der Waals surface area contributed by atoms with Crippen molar-refractivity contribution in [3.63, 3.8) is 0 Å². The van der Waals surface area contributed by atoms with E-state index in [1.807, 2.05) is 34.6 Å². The van der Waals surface area contributed by atoms with Crippen LogP contribution >= 0.6 is 12.4 Å². The van der Waals surface area contributed by atoms with Crippen molar-refractivity contribution >= 4 is 77.3 Å². The van der Waals surface area contributed by atoms with Gasteiger partial charge in [-0.3, -0.25) is 0 Å². The summed E-state index contributed by atoms with van der Waals surface area (Å²) in [5, 5.41) is 5.35. The van der Waals surface area contributed by atoms with Gasteiger partial charge in [-0.1, -0.05) is 50.2 Å². The van der Waals surface area contributed by atoms with Crippen LogP contribution in [0.15, 0.2) is 113 Å². The molecule has 6 heterocycles. The van der Waals surface area contributed by atoms with Crippen molar-refractivity contribution in [3.05, 3.63) is 165 Å². The fourth-order valence-corrected chi connectivity index (χ4v) is 13.0. The maximum Gasteiger partial charge on any atom is 0.410 e. The van der Waals surface area contributed by atoms with Gasteiger partial charge in [-0.2, -0.15) is 0 Å². The first-order chi connectivity index (χ1) is 35.8. The number of carbonyl (C=O) groups is 2. The number of benzene rings is 5. The van der Waals surface area contributed by atoms with Crippen LogP contribution in [0.4, 0.5) is 22.8 Å². The van der Waals surface area contributed by atoms with Crippen LogP contribution in [0.25, 0.3) is 32.7 Å². The number of H-pyrrole nitrogens is 1. The average molecular weight is 1150 g/mol. The molecule has 8 aromatic rings. The highest BCUT2D eigenvalue weighted by molar-refractivity contribution is 7.90. The number of aromatic amines is 1. The van der Waals surface area contributed by atoms with E-state index in [4.69, 9.17) is 9.47 Å². The quantitative estimate of drug-likeness (QED) is 0.174. The van der Waals surface area contributed by atoms with E-state index in [1.165, 1.54) is 49.2 Å². The molecular formula is C59H70ClF3N6O8S2. The second kappa shape index (κ2) is 23.5. The zero-order valence-electron chi connectivity index (χ0n) is 44.1. The summed E-state index contributed by atoms with van der Waals surface area (Å²) < 4.78 is 108. The predicted molar refractivity (Wildman–Crippen MR) is 306 cm³/mol. The number of nitrogens with one attached hydrogen (secondary N) is 2. The Labute approximate surface area is 467 Å². The lowest BCUT2D eigenvalue weighted by Gasteiger charge is -2.30. The summed E-state index contributed by atoms with van der Waals surface area (Å²) in [5.41, 5.74) is 7.49. The molecule has 2 amide bonds. The molecule has 79 heavy (non-hydrogen) atoms. The number of ether oxygens (including phenoxy) is 2. The molecule has 0 bridgehead atoms. The fourth-order valence-electron chi connectivity index (χ4n) is 9.88. The third kappa shape index (κ3) is 12.8. The summed E-state index contributed by atoms with van der Waals surface area (Å²) >= 11 is 0. The lowest BCUT2D eigenvalue weighted by molar-refractivity contribution is 0.0211. The molecule has 0 fully saturated rings. The van der Waals surface area contributed by atoms with Crippen molar-refractivity contribution in [2.45, 2.75) is 130 Å². The predicted octanol–water partition coefficient (Wildman–Crippen LogP) is 12.9. The van der Waals surface area contributed by atoms with E-state index >= 15 is 0 Å². The maximum absolute atomic E-state index is 14.0. The number of hydrogen-bond acceptors (Lipinski definition) is 9. The van der Waals surface area contributed by atoms with Gasteiger partial charge in [-0.15, -0.1) is 12.4 Å². The first-order valence-corrected chi connectivity index (χ1v) is 27.9. The molecule has 3 aromatic heterocycles. The van der Waals surface area contributed by atoms with Gasteiger partial charge in [0.2, 0.25) is 0 Å². The number of aryl methyl sites for hydroxylation is 2. The molecule has 14 nitrogen and oxygen atoms in total. The van der Waals surface area contributed by atoms with E-state index in [-0.39, 0.29) is 61.3 Å². The molecule has 11 rings (SSSR count). The third-order valence-corrected chi connectivity index (χ3v) is 16.9. The lowest BCUT2D eigenvalue weighted by Crippen LogP contribution is -2.40. The summed E-state index contributed by atoms with van der Waals surface area (Å²) in [5.74, 6) is -1.03. The smallest absolute Gasteiger partial charge is 0.410 e. The Balaban J connectivity index is 0.000000191. The molecule has 0 radical (unpaired) electrons. The molecule has 20 heteroatoms. The number of aromatic nitrogens is 3. The van der Waals surface area contributed by atoms with Crippen molar-refractivity contribution in [3.8, 4) is 0 Å². The van der Waals surface area contributed by atoms with Gasteiger partial charge in [-0.25, -0.2) is 47.5 Å². The summed E-state index contributed by atoms with van der Waals surface area (Å²) in [7, 11) is -7.70. The highest BCUT2D eigenvalue weighted by Crippen LogP contribution is 2.36.